The van der Waals surface area contributed by atoms with Crippen LogP contribution >= 0.6 is 0 Å². The number of hydrogen-bond acceptors (Lipinski definition) is 3. The lowest BCUT2D eigenvalue weighted by atomic mass is 10.2. The van der Waals surface area contributed by atoms with Gasteiger partial charge < -0.3 is 9.80 Å². The quantitative estimate of drug-likeness (QED) is 0.870. The van der Waals surface area contributed by atoms with Gasteiger partial charge in [0.25, 0.3) is 5.91 Å². The SMILES string of the molecule is CCCn1ccc(C(=O)N2CCN(c3ccccc3F)CC2)n1. The molecule has 3 rings (SSSR count). The van der Waals surface area contributed by atoms with Gasteiger partial charge in [-0.15, -0.1) is 0 Å². The van der Waals surface area contributed by atoms with Gasteiger partial charge >= 0.3 is 0 Å². The summed E-state index contributed by atoms with van der Waals surface area (Å²) in [6, 6.07) is 8.52. The molecule has 23 heavy (non-hydrogen) atoms. The van der Waals surface area contributed by atoms with Gasteiger partial charge in [-0.3, -0.25) is 9.48 Å². The van der Waals surface area contributed by atoms with Crippen LogP contribution in [0.4, 0.5) is 10.1 Å². The Kier molecular flexibility index (Phi) is 4.60. The van der Waals surface area contributed by atoms with E-state index in [4.69, 9.17) is 0 Å². The summed E-state index contributed by atoms with van der Waals surface area (Å²) in [6.45, 7) is 5.30. The largest absolute Gasteiger partial charge is 0.366 e. The Morgan fingerprint density at radius 1 is 1.17 bits per heavy atom. The van der Waals surface area contributed by atoms with E-state index in [0.717, 1.165) is 13.0 Å². The van der Waals surface area contributed by atoms with Crippen LogP contribution in [0.3, 0.4) is 0 Å². The van der Waals surface area contributed by atoms with Crippen molar-refractivity contribution in [3.8, 4) is 0 Å². The zero-order valence-corrected chi connectivity index (χ0v) is 13.3. The first-order chi connectivity index (χ1) is 11.2. The molecule has 0 spiro atoms. The molecule has 122 valence electrons. The second-order valence-electron chi connectivity index (χ2n) is 5.69. The van der Waals surface area contributed by atoms with Gasteiger partial charge in [-0.05, 0) is 24.6 Å². The molecule has 1 fully saturated rings. The number of para-hydroxylation sites is 1. The number of nitrogens with zero attached hydrogens (tertiary/aromatic N) is 4. The van der Waals surface area contributed by atoms with Gasteiger partial charge in [0, 0.05) is 38.9 Å². The van der Waals surface area contributed by atoms with E-state index < -0.39 is 0 Å². The van der Waals surface area contributed by atoms with Crippen LogP contribution in [0.2, 0.25) is 0 Å². The summed E-state index contributed by atoms with van der Waals surface area (Å²) in [5.41, 5.74) is 1.09. The van der Waals surface area contributed by atoms with E-state index in [0.29, 0.717) is 37.6 Å². The van der Waals surface area contributed by atoms with Crippen LogP contribution in [0.5, 0.6) is 0 Å². The number of hydrogen-bond donors (Lipinski definition) is 0. The molecular weight excluding hydrogens is 295 g/mol. The number of rotatable bonds is 4. The van der Waals surface area contributed by atoms with Crippen molar-refractivity contribution >= 4 is 11.6 Å². The third-order valence-electron chi connectivity index (χ3n) is 4.07. The Labute approximate surface area is 135 Å². The zero-order chi connectivity index (χ0) is 16.2. The first-order valence-electron chi connectivity index (χ1n) is 8.01. The highest BCUT2D eigenvalue weighted by atomic mass is 19.1. The summed E-state index contributed by atoms with van der Waals surface area (Å²) in [5, 5.41) is 4.32. The molecule has 0 radical (unpaired) electrons. The molecule has 0 aliphatic carbocycles. The minimum atomic E-state index is -0.217. The van der Waals surface area contributed by atoms with E-state index in [1.54, 1.807) is 27.8 Å². The van der Waals surface area contributed by atoms with Crippen LogP contribution in [-0.2, 0) is 6.54 Å². The van der Waals surface area contributed by atoms with Gasteiger partial charge in [0.15, 0.2) is 0 Å². The maximum absolute atomic E-state index is 13.8. The molecular formula is C17H21FN4O. The first kappa shape index (κ1) is 15.5. The zero-order valence-electron chi connectivity index (χ0n) is 13.3. The van der Waals surface area contributed by atoms with Crippen LogP contribution in [0.25, 0.3) is 0 Å². The predicted octanol–water partition coefficient (Wildman–Crippen LogP) is 2.39. The summed E-state index contributed by atoms with van der Waals surface area (Å²) in [7, 11) is 0. The number of halogens is 1. The van der Waals surface area contributed by atoms with E-state index in [1.165, 1.54) is 6.07 Å². The number of benzene rings is 1. The number of carbonyl (C=O) groups excluding carboxylic acids is 1. The predicted molar refractivity (Wildman–Crippen MR) is 87.0 cm³/mol. The van der Waals surface area contributed by atoms with E-state index in [2.05, 4.69) is 12.0 Å². The first-order valence-corrected chi connectivity index (χ1v) is 8.01. The fourth-order valence-electron chi connectivity index (χ4n) is 2.85. The second kappa shape index (κ2) is 6.81. The third-order valence-corrected chi connectivity index (χ3v) is 4.07. The Balaban J connectivity index is 1.62. The maximum atomic E-state index is 13.8. The van der Waals surface area contributed by atoms with Gasteiger partial charge in [0.1, 0.15) is 11.5 Å². The molecule has 1 aromatic carbocycles. The van der Waals surface area contributed by atoms with Gasteiger partial charge in [-0.25, -0.2) is 4.39 Å². The fraction of sp³-hybridized carbons (Fsp3) is 0.412. The van der Waals surface area contributed by atoms with Crippen LogP contribution in [0.1, 0.15) is 23.8 Å². The van der Waals surface area contributed by atoms with E-state index in [9.17, 15) is 9.18 Å². The molecule has 2 aromatic rings. The molecule has 2 heterocycles. The third kappa shape index (κ3) is 3.36. The van der Waals surface area contributed by atoms with Crippen LogP contribution in [0.15, 0.2) is 36.5 Å². The van der Waals surface area contributed by atoms with Crippen molar-refractivity contribution in [2.24, 2.45) is 0 Å². The minimum Gasteiger partial charge on any atom is -0.366 e. The highest BCUT2D eigenvalue weighted by Crippen LogP contribution is 2.20. The van der Waals surface area contributed by atoms with Gasteiger partial charge in [0.2, 0.25) is 0 Å². The van der Waals surface area contributed by atoms with Crippen LogP contribution in [0, 0.1) is 5.82 Å². The minimum absolute atomic E-state index is 0.0481. The lowest BCUT2D eigenvalue weighted by Gasteiger charge is -2.35. The highest BCUT2D eigenvalue weighted by molar-refractivity contribution is 5.92. The number of amides is 1. The van der Waals surface area contributed by atoms with Crippen molar-refractivity contribution in [1.29, 1.82) is 0 Å². The fourth-order valence-corrected chi connectivity index (χ4v) is 2.85. The topological polar surface area (TPSA) is 41.4 Å². The van der Waals surface area contributed by atoms with Gasteiger partial charge in [-0.1, -0.05) is 19.1 Å². The van der Waals surface area contributed by atoms with Crippen LogP contribution in [-0.4, -0.2) is 46.8 Å². The van der Waals surface area contributed by atoms with Crippen molar-refractivity contribution in [2.75, 3.05) is 31.1 Å². The molecule has 0 N–H and O–H groups in total. The molecule has 0 saturated carbocycles. The molecule has 5 nitrogen and oxygen atoms in total. The molecule has 6 heteroatoms. The van der Waals surface area contributed by atoms with Gasteiger partial charge in [-0.2, -0.15) is 5.10 Å². The Bertz CT molecular complexity index is 677. The van der Waals surface area contributed by atoms with Gasteiger partial charge in [0.05, 0.1) is 5.69 Å². The number of anilines is 1. The molecule has 0 bridgehead atoms. The molecule has 1 aliphatic rings. The Morgan fingerprint density at radius 3 is 2.61 bits per heavy atom. The van der Waals surface area contributed by atoms with Crippen molar-refractivity contribution in [1.82, 2.24) is 14.7 Å². The number of aromatic nitrogens is 2. The highest BCUT2D eigenvalue weighted by Gasteiger charge is 2.24. The average Bonchev–Trinajstić information content (AvgIpc) is 3.04. The summed E-state index contributed by atoms with van der Waals surface area (Å²) < 4.78 is 15.6. The summed E-state index contributed by atoms with van der Waals surface area (Å²) in [4.78, 5) is 16.3. The van der Waals surface area contributed by atoms with Crippen molar-refractivity contribution in [2.45, 2.75) is 19.9 Å². The number of carbonyl (C=O) groups is 1. The second-order valence-corrected chi connectivity index (χ2v) is 5.69. The standard InChI is InChI=1S/C17H21FN4O/c1-2-8-22-9-7-15(19-22)17(23)21-12-10-20(11-13-21)16-6-4-3-5-14(16)18/h3-7,9H,2,8,10-13H2,1H3. The monoisotopic (exact) mass is 316 g/mol. The lowest BCUT2D eigenvalue weighted by Crippen LogP contribution is -2.49. The van der Waals surface area contributed by atoms with Crippen molar-refractivity contribution < 1.29 is 9.18 Å². The Morgan fingerprint density at radius 2 is 1.91 bits per heavy atom. The summed E-state index contributed by atoms with van der Waals surface area (Å²) >= 11 is 0. The summed E-state index contributed by atoms with van der Waals surface area (Å²) in [6.07, 6.45) is 2.82. The maximum Gasteiger partial charge on any atom is 0.274 e. The number of piperazine rings is 1. The molecule has 1 saturated heterocycles. The van der Waals surface area contributed by atoms with Crippen molar-refractivity contribution in [3.63, 3.8) is 0 Å². The molecule has 1 amide bonds. The lowest BCUT2D eigenvalue weighted by molar-refractivity contribution is 0.0739. The molecule has 0 atom stereocenters. The van der Waals surface area contributed by atoms with Crippen LogP contribution < -0.4 is 4.90 Å². The molecule has 0 unspecified atom stereocenters. The molecule has 1 aromatic heterocycles. The average molecular weight is 316 g/mol. The van der Waals surface area contributed by atoms with E-state index in [1.807, 2.05) is 17.2 Å². The van der Waals surface area contributed by atoms with E-state index >= 15 is 0 Å². The smallest absolute Gasteiger partial charge is 0.274 e. The van der Waals surface area contributed by atoms with E-state index in [-0.39, 0.29) is 11.7 Å². The molecule has 1 aliphatic heterocycles. The normalized spacial score (nSPS) is 15.0. The summed E-state index contributed by atoms with van der Waals surface area (Å²) in [5.74, 6) is -0.265. The van der Waals surface area contributed by atoms with Crippen molar-refractivity contribution in [3.05, 3.63) is 48.0 Å². The Hall–Kier alpha value is -2.37. The number of aryl methyl sites for hydroxylation is 1.